The first-order chi connectivity index (χ1) is 6.54. The Labute approximate surface area is 89.4 Å². The van der Waals surface area contributed by atoms with Gasteiger partial charge in [0.25, 0.3) is 10.1 Å². The molecule has 2 fully saturated rings. The molecule has 0 heterocycles. The van der Waals surface area contributed by atoms with Crippen molar-refractivity contribution in [3.05, 3.63) is 0 Å². The minimum Gasteiger partial charge on any atom is -0.286 e. The normalized spacial score (nSPS) is 36.5. The highest BCUT2D eigenvalue weighted by atomic mass is 32.2. The van der Waals surface area contributed by atoms with Gasteiger partial charge in [-0.3, -0.25) is 4.55 Å². The summed E-state index contributed by atoms with van der Waals surface area (Å²) >= 11 is 1.73. The van der Waals surface area contributed by atoms with Crippen molar-refractivity contribution in [1.82, 2.24) is 0 Å². The highest BCUT2D eigenvalue weighted by Crippen LogP contribution is 2.49. The SMILES string of the molecule is O=S(=O)(O)CCSC1CC2CCC1C2. The third-order valence-corrected chi connectivity index (χ3v) is 5.77. The van der Waals surface area contributed by atoms with E-state index in [0.717, 1.165) is 11.8 Å². The molecule has 82 valence electrons. The lowest BCUT2D eigenvalue weighted by molar-refractivity contribution is 0.484. The Morgan fingerprint density at radius 2 is 2.07 bits per heavy atom. The standard InChI is InChI=1S/C9H16O3S2/c10-14(11,12)4-3-13-9-6-7-1-2-8(9)5-7/h7-9H,1-6H2,(H,10,11,12). The molecule has 2 aliphatic rings. The number of thioether (sulfide) groups is 1. The highest BCUT2D eigenvalue weighted by Gasteiger charge is 2.39. The zero-order valence-corrected chi connectivity index (χ0v) is 9.69. The minimum absolute atomic E-state index is 0.0917. The fourth-order valence-electron chi connectivity index (χ4n) is 2.70. The number of rotatable bonds is 4. The van der Waals surface area contributed by atoms with Gasteiger partial charge in [0.1, 0.15) is 0 Å². The van der Waals surface area contributed by atoms with E-state index in [2.05, 4.69) is 0 Å². The summed E-state index contributed by atoms with van der Waals surface area (Å²) in [5.41, 5.74) is 0. The van der Waals surface area contributed by atoms with Gasteiger partial charge in [0.15, 0.2) is 0 Å². The molecular formula is C9H16O3S2. The van der Waals surface area contributed by atoms with Gasteiger partial charge in [-0.2, -0.15) is 20.2 Å². The Bertz CT molecular complexity index is 299. The van der Waals surface area contributed by atoms with Crippen molar-refractivity contribution >= 4 is 21.9 Å². The molecule has 0 aromatic carbocycles. The molecule has 0 spiro atoms. The molecule has 0 aromatic heterocycles. The lowest BCUT2D eigenvalue weighted by Crippen LogP contribution is -2.15. The second-order valence-electron chi connectivity index (χ2n) is 4.37. The van der Waals surface area contributed by atoms with Crippen LogP contribution in [0.25, 0.3) is 0 Å². The Hall–Kier alpha value is 0.260. The van der Waals surface area contributed by atoms with E-state index in [0.29, 0.717) is 11.0 Å². The maximum absolute atomic E-state index is 10.5. The van der Waals surface area contributed by atoms with E-state index in [1.807, 2.05) is 0 Å². The van der Waals surface area contributed by atoms with Gasteiger partial charge in [-0.05, 0) is 31.1 Å². The van der Waals surface area contributed by atoms with Crippen LogP contribution in [-0.2, 0) is 10.1 Å². The van der Waals surface area contributed by atoms with Crippen LogP contribution in [0.2, 0.25) is 0 Å². The first-order valence-electron chi connectivity index (χ1n) is 5.11. The lowest BCUT2D eigenvalue weighted by atomic mass is 10.0. The molecule has 2 saturated carbocycles. The predicted molar refractivity (Wildman–Crippen MR) is 58.1 cm³/mol. The zero-order valence-electron chi connectivity index (χ0n) is 8.05. The molecule has 0 aliphatic heterocycles. The fourth-order valence-corrected chi connectivity index (χ4v) is 5.15. The Morgan fingerprint density at radius 1 is 1.29 bits per heavy atom. The molecule has 2 rings (SSSR count). The molecule has 0 aromatic rings. The first kappa shape index (κ1) is 10.8. The molecule has 1 N–H and O–H groups in total. The summed E-state index contributed by atoms with van der Waals surface area (Å²) in [4.78, 5) is 0. The molecule has 3 nitrogen and oxygen atoms in total. The van der Waals surface area contributed by atoms with E-state index in [9.17, 15) is 8.42 Å². The number of fused-ring (bicyclic) bond motifs is 2. The Morgan fingerprint density at radius 3 is 2.57 bits per heavy atom. The number of hydrogen-bond donors (Lipinski definition) is 1. The van der Waals surface area contributed by atoms with Crippen LogP contribution in [0.3, 0.4) is 0 Å². The summed E-state index contributed by atoms with van der Waals surface area (Å²) in [6, 6.07) is 0. The van der Waals surface area contributed by atoms with Gasteiger partial charge in [-0.25, -0.2) is 0 Å². The molecule has 2 aliphatic carbocycles. The third kappa shape index (κ3) is 2.64. The maximum atomic E-state index is 10.5. The molecular weight excluding hydrogens is 220 g/mol. The smallest absolute Gasteiger partial charge is 0.265 e. The summed E-state index contributed by atoms with van der Waals surface area (Å²) in [5.74, 6) is 2.19. The molecule has 14 heavy (non-hydrogen) atoms. The van der Waals surface area contributed by atoms with Gasteiger partial charge < -0.3 is 0 Å². The van der Waals surface area contributed by atoms with Crippen LogP contribution in [0.15, 0.2) is 0 Å². The molecule has 3 unspecified atom stereocenters. The van der Waals surface area contributed by atoms with Gasteiger partial charge in [-0.1, -0.05) is 6.42 Å². The Balaban J connectivity index is 1.72. The van der Waals surface area contributed by atoms with Crippen molar-refractivity contribution in [2.45, 2.75) is 30.9 Å². The van der Waals surface area contributed by atoms with Crippen LogP contribution in [0.4, 0.5) is 0 Å². The van der Waals surface area contributed by atoms with Gasteiger partial charge in [-0.15, -0.1) is 0 Å². The van der Waals surface area contributed by atoms with Crippen molar-refractivity contribution in [3.63, 3.8) is 0 Å². The Kier molecular flexibility index (Phi) is 3.09. The molecule has 0 amide bonds. The summed E-state index contributed by atoms with van der Waals surface area (Å²) in [6.07, 6.45) is 5.32. The van der Waals surface area contributed by atoms with Gasteiger partial charge in [0.2, 0.25) is 0 Å². The van der Waals surface area contributed by atoms with E-state index in [1.165, 1.54) is 25.7 Å². The fraction of sp³-hybridized carbons (Fsp3) is 1.00. The summed E-state index contributed by atoms with van der Waals surface area (Å²) in [6.45, 7) is 0. The van der Waals surface area contributed by atoms with E-state index < -0.39 is 10.1 Å². The van der Waals surface area contributed by atoms with Gasteiger partial charge in [0, 0.05) is 11.0 Å². The van der Waals surface area contributed by atoms with E-state index in [-0.39, 0.29) is 5.75 Å². The van der Waals surface area contributed by atoms with Gasteiger partial charge in [0.05, 0.1) is 5.75 Å². The second kappa shape index (κ2) is 4.02. The van der Waals surface area contributed by atoms with Crippen molar-refractivity contribution in [3.8, 4) is 0 Å². The van der Waals surface area contributed by atoms with Crippen molar-refractivity contribution in [1.29, 1.82) is 0 Å². The number of hydrogen-bond acceptors (Lipinski definition) is 3. The molecule has 5 heteroatoms. The first-order valence-corrected chi connectivity index (χ1v) is 7.77. The van der Waals surface area contributed by atoms with E-state index in [1.54, 1.807) is 11.8 Å². The molecule has 3 atom stereocenters. The van der Waals surface area contributed by atoms with Crippen molar-refractivity contribution in [2.75, 3.05) is 11.5 Å². The van der Waals surface area contributed by atoms with Crippen LogP contribution < -0.4 is 0 Å². The van der Waals surface area contributed by atoms with Crippen LogP contribution in [0.5, 0.6) is 0 Å². The summed E-state index contributed by atoms with van der Waals surface area (Å²) < 4.78 is 29.6. The average Bonchev–Trinajstić information content (AvgIpc) is 2.62. The van der Waals surface area contributed by atoms with E-state index in [4.69, 9.17) is 4.55 Å². The average molecular weight is 236 g/mol. The minimum atomic E-state index is -3.75. The lowest BCUT2D eigenvalue weighted by Gasteiger charge is -2.20. The monoisotopic (exact) mass is 236 g/mol. The maximum Gasteiger partial charge on any atom is 0.265 e. The third-order valence-electron chi connectivity index (χ3n) is 3.35. The topological polar surface area (TPSA) is 54.4 Å². The molecule has 2 bridgehead atoms. The van der Waals surface area contributed by atoms with E-state index >= 15 is 0 Å². The van der Waals surface area contributed by atoms with Gasteiger partial charge >= 0.3 is 0 Å². The molecule has 0 saturated heterocycles. The second-order valence-corrected chi connectivity index (χ2v) is 7.29. The zero-order chi connectivity index (χ0) is 10.2. The predicted octanol–water partition coefficient (Wildman–Crippen LogP) is 1.80. The highest BCUT2D eigenvalue weighted by molar-refractivity contribution is 8.00. The van der Waals surface area contributed by atoms with Crippen molar-refractivity contribution in [2.24, 2.45) is 11.8 Å². The summed E-state index contributed by atoms with van der Waals surface area (Å²) in [7, 11) is -3.75. The molecule has 0 radical (unpaired) electrons. The van der Waals surface area contributed by atoms with Crippen LogP contribution in [0.1, 0.15) is 25.7 Å². The quantitative estimate of drug-likeness (QED) is 0.756. The largest absolute Gasteiger partial charge is 0.286 e. The summed E-state index contributed by atoms with van der Waals surface area (Å²) in [5, 5.41) is 0.662. The van der Waals surface area contributed by atoms with Crippen LogP contribution in [0, 0.1) is 11.8 Å². The van der Waals surface area contributed by atoms with Crippen molar-refractivity contribution < 1.29 is 13.0 Å². The van der Waals surface area contributed by atoms with Crippen LogP contribution >= 0.6 is 11.8 Å². The van der Waals surface area contributed by atoms with Crippen LogP contribution in [-0.4, -0.2) is 29.7 Å².